The zero-order valence-electron chi connectivity index (χ0n) is 13.2. The van der Waals surface area contributed by atoms with Crippen molar-refractivity contribution in [2.45, 2.75) is 4.90 Å². The van der Waals surface area contributed by atoms with Crippen LogP contribution in [-0.4, -0.2) is 23.2 Å². The average molecular weight is 370 g/mol. The first kappa shape index (κ1) is 15.8. The van der Waals surface area contributed by atoms with Crippen molar-refractivity contribution in [2.24, 2.45) is 7.05 Å². The van der Waals surface area contributed by atoms with Gasteiger partial charge in [-0.1, -0.05) is 24.3 Å². The van der Waals surface area contributed by atoms with Gasteiger partial charge in [-0.05, 0) is 23.6 Å². The number of anilines is 1. The van der Waals surface area contributed by atoms with Crippen molar-refractivity contribution in [3.63, 3.8) is 0 Å². The summed E-state index contributed by atoms with van der Waals surface area (Å²) in [5.41, 5.74) is 1.17. The fraction of sp³-hybridized carbons (Fsp3) is 0.0588. The molecule has 0 saturated heterocycles. The first-order valence-corrected chi connectivity index (χ1v) is 9.85. The first-order valence-electron chi connectivity index (χ1n) is 7.49. The lowest BCUT2D eigenvalue weighted by Gasteiger charge is -2.09. The molecular formula is C17H14N4O2S2. The van der Waals surface area contributed by atoms with Gasteiger partial charge in [0.1, 0.15) is 16.4 Å². The Morgan fingerprint density at radius 3 is 2.76 bits per heavy atom. The number of nitrogens with zero attached hydrogens (tertiary/aromatic N) is 3. The van der Waals surface area contributed by atoms with E-state index >= 15 is 0 Å². The van der Waals surface area contributed by atoms with Crippen LogP contribution < -0.4 is 4.72 Å². The Hall–Kier alpha value is -2.71. The zero-order chi connectivity index (χ0) is 17.4. The molecule has 0 aliphatic heterocycles. The molecular weight excluding hydrogens is 356 g/mol. The number of hydrogen-bond donors (Lipinski definition) is 1. The van der Waals surface area contributed by atoms with Crippen molar-refractivity contribution in [2.75, 3.05) is 4.72 Å². The van der Waals surface area contributed by atoms with Gasteiger partial charge in [-0.25, -0.2) is 8.42 Å². The molecule has 0 amide bonds. The number of hydrogen-bond acceptors (Lipinski definition) is 5. The summed E-state index contributed by atoms with van der Waals surface area (Å²) in [6, 6.07) is 14.3. The zero-order valence-corrected chi connectivity index (χ0v) is 14.9. The standard InChI is InChI=1S/C17H14N4O2S2/c1-21-16(11-13(19-21)14-7-4-10-24-14)20-25(22,23)15-8-2-5-12-6-3-9-18-17(12)15/h2-11,20H,1H3. The van der Waals surface area contributed by atoms with Crippen molar-refractivity contribution in [3.8, 4) is 10.6 Å². The molecule has 1 N–H and O–H groups in total. The highest BCUT2D eigenvalue weighted by molar-refractivity contribution is 7.93. The third kappa shape index (κ3) is 2.90. The number of nitrogens with one attached hydrogen (secondary N) is 1. The lowest BCUT2D eigenvalue weighted by atomic mass is 10.2. The van der Waals surface area contributed by atoms with Gasteiger partial charge in [0.2, 0.25) is 0 Å². The smallest absolute Gasteiger partial charge is 0.263 e. The minimum absolute atomic E-state index is 0.143. The Labute approximate surface area is 148 Å². The number of benzene rings is 1. The van der Waals surface area contributed by atoms with Gasteiger partial charge < -0.3 is 0 Å². The van der Waals surface area contributed by atoms with Crippen molar-refractivity contribution >= 4 is 38.1 Å². The quantitative estimate of drug-likeness (QED) is 0.596. The maximum Gasteiger partial charge on any atom is 0.265 e. The van der Waals surface area contributed by atoms with Crippen molar-refractivity contribution in [1.29, 1.82) is 0 Å². The Morgan fingerprint density at radius 2 is 1.96 bits per heavy atom. The molecule has 4 rings (SSSR count). The molecule has 0 radical (unpaired) electrons. The Morgan fingerprint density at radius 1 is 1.12 bits per heavy atom. The molecule has 0 aliphatic carbocycles. The number of para-hydroxylation sites is 1. The molecule has 0 bridgehead atoms. The fourth-order valence-electron chi connectivity index (χ4n) is 2.59. The highest BCUT2D eigenvalue weighted by Gasteiger charge is 2.20. The second-order valence-electron chi connectivity index (χ2n) is 5.45. The van der Waals surface area contributed by atoms with Crippen molar-refractivity contribution in [1.82, 2.24) is 14.8 Å². The second kappa shape index (κ2) is 5.98. The van der Waals surface area contributed by atoms with E-state index in [2.05, 4.69) is 14.8 Å². The fourth-order valence-corrected chi connectivity index (χ4v) is 4.53. The van der Waals surface area contributed by atoms with E-state index in [0.29, 0.717) is 11.3 Å². The normalized spacial score (nSPS) is 11.7. The summed E-state index contributed by atoms with van der Waals surface area (Å²) in [6.07, 6.45) is 1.58. The molecule has 3 aromatic heterocycles. The molecule has 0 atom stereocenters. The highest BCUT2D eigenvalue weighted by Crippen LogP contribution is 2.28. The van der Waals surface area contributed by atoms with E-state index in [-0.39, 0.29) is 4.90 Å². The van der Waals surface area contributed by atoms with Gasteiger partial charge in [0, 0.05) is 24.7 Å². The Kier molecular flexibility index (Phi) is 3.78. The molecule has 3 heterocycles. The van der Waals surface area contributed by atoms with Crippen molar-refractivity contribution < 1.29 is 8.42 Å². The summed E-state index contributed by atoms with van der Waals surface area (Å²) in [5, 5.41) is 7.10. The predicted molar refractivity (Wildman–Crippen MR) is 99.1 cm³/mol. The number of pyridine rings is 1. The van der Waals surface area contributed by atoms with E-state index in [1.165, 1.54) is 4.68 Å². The number of aromatic nitrogens is 3. The minimum Gasteiger partial charge on any atom is -0.263 e. The van der Waals surface area contributed by atoms with Gasteiger partial charge in [0.25, 0.3) is 10.0 Å². The van der Waals surface area contributed by atoms with Crippen LogP contribution in [0.1, 0.15) is 0 Å². The summed E-state index contributed by atoms with van der Waals surface area (Å²) >= 11 is 1.55. The predicted octanol–water partition coefficient (Wildman–Crippen LogP) is 3.50. The van der Waals surface area contributed by atoms with E-state index in [1.807, 2.05) is 29.6 Å². The highest BCUT2D eigenvalue weighted by atomic mass is 32.2. The van der Waals surface area contributed by atoms with Crippen LogP contribution in [0, 0.1) is 0 Å². The molecule has 25 heavy (non-hydrogen) atoms. The molecule has 0 spiro atoms. The van der Waals surface area contributed by atoms with Crippen LogP contribution >= 0.6 is 11.3 Å². The van der Waals surface area contributed by atoms with Crippen LogP contribution in [0.2, 0.25) is 0 Å². The molecule has 0 saturated carbocycles. The van der Waals surface area contributed by atoms with Crippen LogP contribution in [0.5, 0.6) is 0 Å². The monoisotopic (exact) mass is 370 g/mol. The summed E-state index contributed by atoms with van der Waals surface area (Å²) in [5.74, 6) is 0.399. The van der Waals surface area contributed by atoms with Gasteiger partial charge in [-0.3, -0.25) is 14.4 Å². The molecule has 0 unspecified atom stereocenters. The SMILES string of the molecule is Cn1nc(-c2cccs2)cc1NS(=O)(=O)c1cccc2cccnc12. The lowest BCUT2D eigenvalue weighted by molar-refractivity contribution is 0.601. The van der Waals surface area contributed by atoms with E-state index in [0.717, 1.165) is 16.0 Å². The van der Waals surface area contributed by atoms with Gasteiger partial charge >= 0.3 is 0 Å². The largest absolute Gasteiger partial charge is 0.265 e. The summed E-state index contributed by atoms with van der Waals surface area (Å²) in [4.78, 5) is 5.34. The maximum atomic E-state index is 12.9. The second-order valence-corrected chi connectivity index (χ2v) is 8.05. The maximum absolute atomic E-state index is 12.9. The molecule has 0 fully saturated rings. The first-order chi connectivity index (χ1) is 12.0. The van der Waals surface area contributed by atoms with Crippen molar-refractivity contribution in [3.05, 3.63) is 60.1 Å². The molecule has 6 nitrogen and oxygen atoms in total. The van der Waals surface area contributed by atoms with Gasteiger partial charge in [0.15, 0.2) is 0 Å². The average Bonchev–Trinajstić information content (AvgIpc) is 3.24. The van der Waals surface area contributed by atoms with E-state index in [1.54, 1.807) is 48.8 Å². The Bertz CT molecular complexity index is 1140. The summed E-state index contributed by atoms with van der Waals surface area (Å²) in [7, 11) is -2.08. The van der Waals surface area contributed by atoms with Crippen LogP contribution in [0.15, 0.2) is 65.0 Å². The van der Waals surface area contributed by atoms with E-state index in [4.69, 9.17) is 0 Å². The number of thiophene rings is 1. The van der Waals surface area contributed by atoms with Gasteiger partial charge in [-0.2, -0.15) is 5.10 Å². The lowest BCUT2D eigenvalue weighted by Crippen LogP contribution is -2.16. The Balaban J connectivity index is 1.75. The molecule has 0 aliphatic rings. The topological polar surface area (TPSA) is 76.9 Å². The molecule has 8 heteroatoms. The van der Waals surface area contributed by atoms with E-state index < -0.39 is 10.0 Å². The number of aryl methyl sites for hydroxylation is 1. The number of sulfonamides is 1. The molecule has 126 valence electrons. The molecule has 1 aromatic carbocycles. The van der Waals surface area contributed by atoms with Crippen LogP contribution in [0.4, 0.5) is 5.82 Å². The van der Waals surface area contributed by atoms with Crippen LogP contribution in [-0.2, 0) is 17.1 Å². The van der Waals surface area contributed by atoms with Gasteiger partial charge in [0.05, 0.1) is 10.4 Å². The van der Waals surface area contributed by atoms with E-state index in [9.17, 15) is 8.42 Å². The third-order valence-corrected chi connectivity index (χ3v) is 6.06. The summed E-state index contributed by atoms with van der Waals surface area (Å²) in [6.45, 7) is 0. The summed E-state index contributed by atoms with van der Waals surface area (Å²) < 4.78 is 29.9. The number of fused-ring (bicyclic) bond motifs is 1. The van der Waals surface area contributed by atoms with Gasteiger partial charge in [-0.15, -0.1) is 11.3 Å². The van der Waals surface area contributed by atoms with Crippen LogP contribution in [0.3, 0.4) is 0 Å². The molecule has 4 aromatic rings. The third-order valence-electron chi connectivity index (χ3n) is 3.78. The number of rotatable bonds is 4. The van der Waals surface area contributed by atoms with Crippen LogP contribution in [0.25, 0.3) is 21.5 Å². The minimum atomic E-state index is -3.79.